The monoisotopic (exact) mass is 328 g/mol. The van der Waals surface area contributed by atoms with Crippen molar-refractivity contribution in [3.05, 3.63) is 28.0 Å². The van der Waals surface area contributed by atoms with E-state index in [2.05, 4.69) is 4.98 Å². The van der Waals surface area contributed by atoms with E-state index in [-0.39, 0.29) is 36.0 Å². The molecule has 1 aromatic carbocycles. The predicted octanol–water partition coefficient (Wildman–Crippen LogP) is -0.708. The number of aryl methyl sites for hydroxylation is 1. The third kappa shape index (κ3) is 4.56. The maximum absolute atomic E-state index is 10.5. The van der Waals surface area contributed by atoms with Crippen LogP contribution in [0.15, 0.2) is 18.2 Å². The molecule has 0 fully saturated rings. The molecule has 2 rings (SSSR count). The molecule has 0 atom stereocenters. The van der Waals surface area contributed by atoms with Crippen molar-refractivity contribution in [1.82, 2.24) is 9.55 Å². The van der Waals surface area contributed by atoms with Gasteiger partial charge in [-0.25, -0.2) is 8.42 Å². The first-order valence-corrected chi connectivity index (χ1v) is 7.55. The summed E-state index contributed by atoms with van der Waals surface area (Å²) < 4.78 is 33.8. The first kappa shape index (κ1) is 17.2. The maximum Gasteiger partial charge on any atom is 1.00 e. The van der Waals surface area contributed by atoms with E-state index in [9.17, 15) is 13.0 Å². The summed E-state index contributed by atoms with van der Waals surface area (Å²) in [6.45, 7) is 0.377. The van der Waals surface area contributed by atoms with Crippen molar-refractivity contribution >= 4 is 45.0 Å². The van der Waals surface area contributed by atoms with Gasteiger partial charge in [0.1, 0.15) is 0 Å². The Morgan fingerprint density at radius 1 is 1.42 bits per heavy atom. The van der Waals surface area contributed by atoms with Gasteiger partial charge in [0.25, 0.3) is 0 Å². The molecule has 1 aromatic heterocycles. The van der Waals surface area contributed by atoms with Gasteiger partial charge in [0.05, 0.1) is 21.2 Å². The van der Waals surface area contributed by atoms with Gasteiger partial charge in [0, 0.05) is 17.3 Å². The summed E-state index contributed by atoms with van der Waals surface area (Å²) in [5, 5.41) is 0.591. The van der Waals surface area contributed by atoms with Crippen LogP contribution in [0.1, 0.15) is 6.42 Å². The summed E-state index contributed by atoms with van der Waals surface area (Å²) in [5.74, 6) is -0.394. The average molecular weight is 329 g/mol. The smallest absolute Gasteiger partial charge is 0.748 e. The molecule has 0 amide bonds. The normalized spacial score (nSPS) is 11.5. The molecule has 0 radical (unpaired) electrons. The van der Waals surface area contributed by atoms with Crippen LogP contribution in [-0.4, -0.2) is 28.3 Å². The molecule has 0 saturated heterocycles. The molecule has 0 aliphatic heterocycles. The van der Waals surface area contributed by atoms with E-state index >= 15 is 0 Å². The quantitative estimate of drug-likeness (QED) is 0.457. The van der Waals surface area contributed by atoms with E-state index in [4.69, 9.17) is 23.8 Å². The van der Waals surface area contributed by atoms with Gasteiger partial charge in [-0.05, 0) is 36.8 Å². The molecule has 0 unspecified atom stereocenters. The Labute approximate surface area is 143 Å². The zero-order valence-electron chi connectivity index (χ0n) is 10.2. The van der Waals surface area contributed by atoms with Crippen LogP contribution in [-0.2, 0) is 16.7 Å². The first-order valence-electron chi connectivity index (χ1n) is 5.18. The van der Waals surface area contributed by atoms with Crippen molar-refractivity contribution in [3.8, 4) is 0 Å². The number of fused-ring (bicyclic) bond motifs is 1. The van der Waals surface area contributed by atoms with E-state index < -0.39 is 15.9 Å². The van der Waals surface area contributed by atoms with Gasteiger partial charge in [0.2, 0.25) is 0 Å². The van der Waals surface area contributed by atoms with Crippen LogP contribution in [0.3, 0.4) is 0 Å². The van der Waals surface area contributed by atoms with Crippen molar-refractivity contribution < 1.29 is 42.5 Å². The Kier molecular flexibility index (Phi) is 6.06. The van der Waals surface area contributed by atoms with Crippen molar-refractivity contribution in [2.24, 2.45) is 0 Å². The van der Waals surface area contributed by atoms with Crippen molar-refractivity contribution in [3.63, 3.8) is 0 Å². The van der Waals surface area contributed by atoms with E-state index in [1.54, 1.807) is 22.8 Å². The predicted molar refractivity (Wildman–Crippen MR) is 71.3 cm³/mol. The number of aromatic nitrogens is 2. The molecular formula is C10H10ClN2NaO3S2. The second-order valence-corrected chi connectivity index (χ2v) is 6.21. The molecule has 98 valence electrons. The SMILES string of the molecule is O=S(=O)([O-])CCCn1c(=S)[nH]c2cc(Cl)ccc21.[Na+]. The molecule has 1 heterocycles. The van der Waals surface area contributed by atoms with E-state index in [1.807, 2.05) is 0 Å². The third-order valence-corrected chi connectivity index (χ3v) is 3.86. The number of hydrogen-bond donors (Lipinski definition) is 1. The molecule has 0 aliphatic carbocycles. The second-order valence-electron chi connectivity index (χ2n) is 3.86. The van der Waals surface area contributed by atoms with Crippen LogP contribution in [0.2, 0.25) is 5.02 Å². The first-order chi connectivity index (χ1) is 8.37. The minimum Gasteiger partial charge on any atom is -0.748 e. The van der Waals surface area contributed by atoms with Crippen LogP contribution < -0.4 is 29.6 Å². The number of nitrogens with one attached hydrogen (secondary N) is 1. The van der Waals surface area contributed by atoms with E-state index in [0.717, 1.165) is 11.0 Å². The number of imidazole rings is 1. The average Bonchev–Trinajstić information content (AvgIpc) is 2.52. The summed E-state index contributed by atoms with van der Waals surface area (Å²) in [5.41, 5.74) is 1.63. The molecule has 9 heteroatoms. The summed E-state index contributed by atoms with van der Waals surface area (Å²) in [4.78, 5) is 2.98. The molecule has 0 saturated carbocycles. The molecule has 0 bridgehead atoms. The van der Waals surface area contributed by atoms with Crippen LogP contribution in [0, 0.1) is 4.77 Å². The summed E-state index contributed by atoms with van der Waals surface area (Å²) >= 11 is 11.0. The van der Waals surface area contributed by atoms with Gasteiger partial charge in [-0.1, -0.05) is 11.6 Å². The fourth-order valence-corrected chi connectivity index (χ4v) is 2.71. The van der Waals surface area contributed by atoms with Gasteiger partial charge < -0.3 is 14.1 Å². The molecule has 5 nitrogen and oxygen atoms in total. The van der Waals surface area contributed by atoms with Gasteiger partial charge in [-0.3, -0.25) is 0 Å². The topological polar surface area (TPSA) is 77.9 Å². The largest absolute Gasteiger partial charge is 1.00 e. The van der Waals surface area contributed by atoms with Gasteiger partial charge in [-0.15, -0.1) is 0 Å². The van der Waals surface area contributed by atoms with Crippen molar-refractivity contribution in [2.75, 3.05) is 5.75 Å². The number of H-pyrrole nitrogens is 1. The summed E-state index contributed by atoms with van der Waals surface area (Å²) in [6.07, 6.45) is 0.232. The minimum absolute atomic E-state index is 0. The van der Waals surface area contributed by atoms with E-state index in [1.165, 1.54) is 0 Å². The standard InChI is InChI=1S/C10H11ClN2O3S2.Na/c11-7-2-3-9-8(6-7)12-10(17)13(9)4-1-5-18(14,15)16;/h2-3,6H,1,4-5H2,(H,12,17)(H,14,15,16);/q;+1/p-1. The van der Waals surface area contributed by atoms with Crippen LogP contribution in [0.5, 0.6) is 0 Å². The Bertz CT molecular complexity index is 739. The molecule has 1 N–H and O–H groups in total. The Morgan fingerprint density at radius 3 is 2.74 bits per heavy atom. The molecule has 2 aromatic rings. The number of nitrogens with zero attached hydrogens (tertiary/aromatic N) is 1. The van der Waals surface area contributed by atoms with Crippen LogP contribution >= 0.6 is 23.8 Å². The van der Waals surface area contributed by atoms with Crippen molar-refractivity contribution in [1.29, 1.82) is 0 Å². The number of halogens is 1. The maximum atomic E-state index is 10.5. The number of rotatable bonds is 4. The van der Waals surface area contributed by atoms with Gasteiger partial charge in [0.15, 0.2) is 4.77 Å². The molecule has 19 heavy (non-hydrogen) atoms. The zero-order valence-corrected chi connectivity index (χ0v) is 14.6. The van der Waals surface area contributed by atoms with Crippen molar-refractivity contribution in [2.45, 2.75) is 13.0 Å². The summed E-state index contributed by atoms with van der Waals surface area (Å²) in [6, 6.07) is 5.27. The number of aromatic amines is 1. The van der Waals surface area contributed by atoms with Gasteiger partial charge in [-0.2, -0.15) is 0 Å². The Balaban J connectivity index is 0.00000180. The molecular weight excluding hydrogens is 319 g/mol. The third-order valence-electron chi connectivity index (χ3n) is 2.51. The second kappa shape index (κ2) is 6.71. The molecule has 0 aliphatic rings. The number of benzene rings is 1. The van der Waals surface area contributed by atoms with Gasteiger partial charge >= 0.3 is 29.6 Å². The van der Waals surface area contributed by atoms with E-state index in [0.29, 0.717) is 16.3 Å². The van der Waals surface area contributed by atoms with Crippen LogP contribution in [0.4, 0.5) is 0 Å². The Morgan fingerprint density at radius 2 is 2.11 bits per heavy atom. The number of hydrogen-bond acceptors (Lipinski definition) is 4. The Hall–Kier alpha value is 0.110. The minimum atomic E-state index is -4.18. The molecule has 0 spiro atoms. The fraction of sp³-hybridized carbons (Fsp3) is 0.300. The van der Waals surface area contributed by atoms with Crippen LogP contribution in [0.25, 0.3) is 11.0 Å². The zero-order chi connectivity index (χ0) is 13.3. The summed E-state index contributed by atoms with van der Waals surface area (Å²) in [7, 11) is -4.18. The fourth-order valence-electron chi connectivity index (χ4n) is 1.76.